The number of benzene rings is 2. The van der Waals surface area contributed by atoms with Crippen LogP contribution < -0.4 is 16.2 Å². The fourth-order valence-corrected chi connectivity index (χ4v) is 3.53. The third kappa shape index (κ3) is 4.69. The Labute approximate surface area is 187 Å². The average molecular weight is 487 g/mol. The van der Waals surface area contributed by atoms with E-state index in [0.29, 0.717) is 27.5 Å². The maximum atomic E-state index is 12.2. The number of tetrazole rings is 1. The number of aliphatic imine (C=N–C) groups is 1. The van der Waals surface area contributed by atoms with Crippen LogP contribution in [0.15, 0.2) is 56.7 Å². The Balaban J connectivity index is 1.84. The van der Waals surface area contributed by atoms with Crippen molar-refractivity contribution in [3.8, 4) is 11.4 Å². The molecule has 0 bridgehead atoms. The van der Waals surface area contributed by atoms with Gasteiger partial charge in [0.15, 0.2) is 0 Å². The van der Waals surface area contributed by atoms with Crippen LogP contribution in [0.4, 0.5) is 0 Å². The van der Waals surface area contributed by atoms with Crippen LogP contribution in [0.25, 0.3) is 11.4 Å². The van der Waals surface area contributed by atoms with Crippen LogP contribution in [0.5, 0.6) is 5.75 Å². The summed E-state index contributed by atoms with van der Waals surface area (Å²) in [7, 11) is 4.71. The van der Waals surface area contributed by atoms with Crippen LogP contribution in [0.2, 0.25) is 0 Å². The van der Waals surface area contributed by atoms with E-state index in [1.165, 1.54) is 16.5 Å². The van der Waals surface area contributed by atoms with Crippen molar-refractivity contribution in [3.05, 3.63) is 74.1 Å². The van der Waals surface area contributed by atoms with Crippen LogP contribution >= 0.6 is 15.9 Å². The molecule has 0 saturated heterocycles. The van der Waals surface area contributed by atoms with E-state index in [-0.39, 0.29) is 12.3 Å². The molecule has 2 aromatic carbocycles. The molecule has 10 heteroatoms. The molecule has 1 heterocycles. The van der Waals surface area contributed by atoms with Crippen LogP contribution in [0.1, 0.15) is 16.7 Å². The lowest BCUT2D eigenvalue weighted by atomic mass is 10.1. The molecule has 0 amide bonds. The molecule has 0 unspecified atom stereocenters. The first kappa shape index (κ1) is 22.3. The van der Waals surface area contributed by atoms with Gasteiger partial charge in [0.25, 0.3) is 0 Å². The Kier molecular flexibility index (Phi) is 6.91. The third-order valence-corrected chi connectivity index (χ3v) is 5.40. The van der Waals surface area contributed by atoms with Gasteiger partial charge in [-0.15, -0.1) is 0 Å². The number of nitrogens with two attached hydrogens (primary N) is 1. The van der Waals surface area contributed by atoms with Crippen molar-refractivity contribution < 1.29 is 9.47 Å². The summed E-state index contributed by atoms with van der Waals surface area (Å²) < 4.78 is 14.2. The minimum atomic E-state index is -0.327. The lowest BCUT2D eigenvalue weighted by Crippen LogP contribution is -2.23. The number of para-hydroxylation sites is 1. The highest BCUT2D eigenvalue weighted by Gasteiger charge is 2.13. The highest BCUT2D eigenvalue weighted by atomic mass is 79.9. The number of hydrogen-bond acceptors (Lipinski definition) is 7. The zero-order valence-electron chi connectivity index (χ0n) is 17.7. The van der Waals surface area contributed by atoms with E-state index >= 15 is 0 Å². The number of hydrogen-bond donors (Lipinski definition) is 1. The minimum Gasteiger partial charge on any atom is -0.489 e. The van der Waals surface area contributed by atoms with Crippen molar-refractivity contribution in [2.45, 2.75) is 13.5 Å². The number of halogens is 1. The summed E-state index contributed by atoms with van der Waals surface area (Å²) in [5.74, 6) is 1.11. The molecule has 0 aliphatic heterocycles. The van der Waals surface area contributed by atoms with E-state index in [4.69, 9.17) is 15.2 Å². The number of rotatable bonds is 6. The highest BCUT2D eigenvalue weighted by molar-refractivity contribution is 9.12. The van der Waals surface area contributed by atoms with Crippen molar-refractivity contribution in [1.82, 2.24) is 19.8 Å². The molecule has 162 valence electrons. The van der Waals surface area contributed by atoms with Crippen molar-refractivity contribution in [2.75, 3.05) is 14.2 Å². The maximum absolute atomic E-state index is 12.2. The van der Waals surface area contributed by atoms with Crippen LogP contribution in [0, 0.1) is 6.92 Å². The summed E-state index contributed by atoms with van der Waals surface area (Å²) in [5.41, 5.74) is 9.58. The second-order valence-electron chi connectivity index (χ2n) is 6.66. The minimum absolute atomic E-state index is 0.255. The first-order valence-corrected chi connectivity index (χ1v) is 10.1. The van der Waals surface area contributed by atoms with Crippen LogP contribution in [-0.4, -0.2) is 39.8 Å². The molecule has 0 radical (unpaired) electrons. The Bertz CT molecular complexity index is 1210. The Hall–Kier alpha value is -3.40. The van der Waals surface area contributed by atoms with Gasteiger partial charge >= 0.3 is 5.69 Å². The van der Waals surface area contributed by atoms with Gasteiger partial charge < -0.3 is 15.2 Å². The second kappa shape index (κ2) is 9.61. The maximum Gasteiger partial charge on any atom is 0.368 e. The van der Waals surface area contributed by atoms with Crippen LogP contribution in [-0.2, 0) is 18.4 Å². The largest absolute Gasteiger partial charge is 0.489 e. The van der Waals surface area contributed by atoms with E-state index in [0.717, 1.165) is 16.7 Å². The summed E-state index contributed by atoms with van der Waals surface area (Å²) in [4.78, 5) is 16.3. The van der Waals surface area contributed by atoms with Crippen molar-refractivity contribution in [3.63, 3.8) is 0 Å². The molecule has 0 aliphatic carbocycles. The summed E-state index contributed by atoms with van der Waals surface area (Å²) in [5, 5.41) is 7.68. The molecule has 2 N–H and O–H groups in total. The zero-order chi connectivity index (χ0) is 22.5. The van der Waals surface area contributed by atoms with Gasteiger partial charge in [-0.05, 0) is 68.7 Å². The first-order valence-electron chi connectivity index (χ1n) is 9.34. The Morgan fingerprint density at radius 1 is 1.23 bits per heavy atom. The zero-order valence-corrected chi connectivity index (χ0v) is 19.3. The van der Waals surface area contributed by atoms with Gasteiger partial charge in [-0.3, -0.25) is 4.99 Å². The van der Waals surface area contributed by atoms with E-state index in [9.17, 15) is 4.79 Å². The van der Waals surface area contributed by atoms with Gasteiger partial charge in [0.1, 0.15) is 16.8 Å². The standard InChI is InChI=1S/C21H23BrN6O3/c1-13-11-14(19(23)18(22)20(24-2)30-4)9-10-17(13)31-12-15-7-5-6-8-16(15)28-21(29)27(3)25-26-28/h5-11H,12,23H2,1-4H3. The van der Waals surface area contributed by atoms with E-state index in [1.807, 2.05) is 43.3 Å². The third-order valence-electron chi connectivity index (χ3n) is 4.63. The van der Waals surface area contributed by atoms with E-state index in [2.05, 4.69) is 31.3 Å². The summed E-state index contributed by atoms with van der Waals surface area (Å²) in [6.45, 7) is 2.19. The Morgan fingerprint density at radius 3 is 2.58 bits per heavy atom. The molecule has 0 atom stereocenters. The summed E-state index contributed by atoms with van der Waals surface area (Å²) >= 11 is 3.44. The number of nitrogens with zero attached hydrogens (tertiary/aromatic N) is 5. The lowest BCUT2D eigenvalue weighted by molar-refractivity contribution is 0.303. The molecule has 3 rings (SSSR count). The molecule has 1 aromatic heterocycles. The molecule has 0 saturated carbocycles. The van der Waals surface area contributed by atoms with E-state index < -0.39 is 0 Å². The molecule has 0 spiro atoms. The smallest absolute Gasteiger partial charge is 0.368 e. The highest BCUT2D eigenvalue weighted by Crippen LogP contribution is 2.26. The molecule has 0 aliphatic rings. The quantitative estimate of drug-likeness (QED) is 0.423. The van der Waals surface area contributed by atoms with Gasteiger partial charge in [-0.2, -0.15) is 9.36 Å². The number of aryl methyl sites for hydroxylation is 2. The van der Waals surface area contributed by atoms with Gasteiger partial charge in [0, 0.05) is 19.7 Å². The normalized spacial score (nSPS) is 12.5. The molecule has 9 nitrogen and oxygen atoms in total. The number of ether oxygens (including phenoxy) is 2. The fourth-order valence-electron chi connectivity index (χ4n) is 2.96. The monoisotopic (exact) mass is 486 g/mol. The SMILES string of the molecule is CN=C(OC)C(Br)=C(N)c1ccc(OCc2ccccc2-n2nnn(C)c2=O)c(C)c1. The predicted octanol–water partition coefficient (Wildman–Crippen LogP) is 2.55. The molecular weight excluding hydrogens is 464 g/mol. The molecular formula is C21H23BrN6O3. The lowest BCUT2D eigenvalue weighted by Gasteiger charge is -2.14. The van der Waals surface area contributed by atoms with E-state index in [1.54, 1.807) is 20.2 Å². The average Bonchev–Trinajstić information content (AvgIpc) is 3.11. The second-order valence-corrected chi connectivity index (χ2v) is 7.45. The van der Waals surface area contributed by atoms with Crippen molar-refractivity contribution in [2.24, 2.45) is 17.8 Å². The van der Waals surface area contributed by atoms with Gasteiger partial charge in [-0.1, -0.05) is 18.2 Å². The predicted molar refractivity (Wildman–Crippen MR) is 123 cm³/mol. The van der Waals surface area contributed by atoms with Gasteiger partial charge in [-0.25, -0.2) is 4.79 Å². The fraction of sp³-hybridized carbons (Fsp3) is 0.238. The van der Waals surface area contributed by atoms with Crippen molar-refractivity contribution >= 4 is 27.5 Å². The number of aromatic nitrogens is 4. The van der Waals surface area contributed by atoms with Gasteiger partial charge in [0.05, 0.1) is 18.5 Å². The molecule has 0 fully saturated rings. The summed E-state index contributed by atoms with van der Waals surface area (Å²) in [6.07, 6.45) is 0. The van der Waals surface area contributed by atoms with Gasteiger partial charge in [0.2, 0.25) is 5.90 Å². The van der Waals surface area contributed by atoms with Crippen LogP contribution in [0.3, 0.4) is 0 Å². The topological polar surface area (TPSA) is 110 Å². The Morgan fingerprint density at radius 2 is 1.97 bits per heavy atom. The molecule has 31 heavy (non-hydrogen) atoms. The van der Waals surface area contributed by atoms with Crippen molar-refractivity contribution in [1.29, 1.82) is 0 Å². The summed E-state index contributed by atoms with van der Waals surface area (Å²) in [6, 6.07) is 13.0. The molecule has 3 aromatic rings. The first-order chi connectivity index (χ1) is 14.9. The number of methoxy groups -OCH3 is 1.